The van der Waals surface area contributed by atoms with Gasteiger partial charge in [-0.1, -0.05) is 54.1 Å². The van der Waals surface area contributed by atoms with Crippen LogP contribution in [0.3, 0.4) is 0 Å². The van der Waals surface area contributed by atoms with Gasteiger partial charge in [0.05, 0.1) is 5.02 Å². The molecule has 0 amide bonds. The Balaban J connectivity index is 1.90. The fraction of sp³-hybridized carbons (Fsp3) is 0.333. The van der Waals surface area contributed by atoms with Gasteiger partial charge in [0.1, 0.15) is 5.82 Å². The third-order valence-corrected chi connectivity index (χ3v) is 4.09. The summed E-state index contributed by atoms with van der Waals surface area (Å²) in [5.74, 6) is -0.363. The van der Waals surface area contributed by atoms with E-state index in [0.717, 1.165) is 18.4 Å². The van der Waals surface area contributed by atoms with Gasteiger partial charge < -0.3 is 5.32 Å². The molecule has 0 unspecified atom stereocenters. The van der Waals surface area contributed by atoms with Crippen LogP contribution in [-0.4, -0.2) is 5.54 Å². The first-order valence-electron chi connectivity index (χ1n) is 7.20. The van der Waals surface area contributed by atoms with E-state index in [1.165, 1.54) is 11.6 Å². The molecule has 0 fully saturated rings. The van der Waals surface area contributed by atoms with E-state index in [2.05, 4.69) is 43.4 Å². The quantitative estimate of drug-likeness (QED) is 0.793. The van der Waals surface area contributed by atoms with Crippen molar-refractivity contribution in [3.63, 3.8) is 0 Å². The van der Waals surface area contributed by atoms with E-state index in [9.17, 15) is 4.39 Å². The molecule has 1 N–H and O–H groups in total. The van der Waals surface area contributed by atoms with Crippen LogP contribution in [0.5, 0.6) is 0 Å². The molecule has 3 heteroatoms. The number of aryl methyl sites for hydroxylation is 1. The van der Waals surface area contributed by atoms with Crippen molar-refractivity contribution in [1.82, 2.24) is 5.32 Å². The van der Waals surface area contributed by atoms with Gasteiger partial charge in [-0.2, -0.15) is 0 Å². The second-order valence-corrected chi connectivity index (χ2v) is 6.31. The van der Waals surface area contributed by atoms with Gasteiger partial charge in [0, 0.05) is 12.1 Å². The van der Waals surface area contributed by atoms with Crippen molar-refractivity contribution in [3.05, 3.63) is 70.5 Å². The highest BCUT2D eigenvalue weighted by Crippen LogP contribution is 2.21. The lowest BCUT2D eigenvalue weighted by Gasteiger charge is -2.27. The monoisotopic (exact) mass is 305 g/mol. The largest absolute Gasteiger partial charge is 0.308 e. The Kier molecular flexibility index (Phi) is 5.38. The van der Waals surface area contributed by atoms with Crippen LogP contribution < -0.4 is 5.32 Å². The Morgan fingerprint density at radius 2 is 1.76 bits per heavy atom. The molecule has 1 nitrogen and oxygen atoms in total. The van der Waals surface area contributed by atoms with E-state index in [0.29, 0.717) is 6.54 Å². The summed E-state index contributed by atoms with van der Waals surface area (Å²) in [6.07, 6.45) is 2.02. The number of hydrogen-bond donors (Lipinski definition) is 1. The van der Waals surface area contributed by atoms with E-state index in [1.807, 2.05) is 12.1 Å². The summed E-state index contributed by atoms with van der Waals surface area (Å²) in [5.41, 5.74) is 2.09. The van der Waals surface area contributed by atoms with E-state index in [4.69, 9.17) is 11.6 Å². The van der Waals surface area contributed by atoms with Gasteiger partial charge in [-0.3, -0.25) is 0 Å². The van der Waals surface area contributed by atoms with E-state index in [-0.39, 0.29) is 16.4 Å². The fourth-order valence-corrected chi connectivity index (χ4v) is 2.40. The molecule has 0 saturated carbocycles. The molecule has 0 radical (unpaired) electrons. The van der Waals surface area contributed by atoms with Crippen molar-refractivity contribution in [2.45, 2.75) is 38.8 Å². The fourth-order valence-electron chi connectivity index (χ4n) is 2.21. The normalized spacial score (nSPS) is 11.6. The molecule has 21 heavy (non-hydrogen) atoms. The lowest BCUT2D eigenvalue weighted by molar-refractivity contribution is 0.360. The van der Waals surface area contributed by atoms with Crippen LogP contribution in [0.4, 0.5) is 4.39 Å². The zero-order chi connectivity index (χ0) is 15.3. The summed E-state index contributed by atoms with van der Waals surface area (Å²) in [4.78, 5) is 0. The van der Waals surface area contributed by atoms with Gasteiger partial charge in [-0.05, 0) is 43.9 Å². The summed E-state index contributed by atoms with van der Waals surface area (Å²) in [6.45, 7) is 4.88. The molecule has 0 bridgehead atoms. The average Bonchev–Trinajstić information content (AvgIpc) is 2.48. The first-order valence-corrected chi connectivity index (χ1v) is 7.57. The SMILES string of the molecule is CC(C)(CCc1ccccc1)NCc1cccc(F)c1Cl. The molecule has 2 aromatic rings. The van der Waals surface area contributed by atoms with Crippen LogP contribution in [0.2, 0.25) is 5.02 Å². The zero-order valence-electron chi connectivity index (χ0n) is 12.5. The predicted octanol–water partition coefficient (Wildman–Crippen LogP) is 4.98. The van der Waals surface area contributed by atoms with Crippen LogP contribution in [0, 0.1) is 5.82 Å². The molecule has 2 rings (SSSR count). The summed E-state index contributed by atoms with van der Waals surface area (Å²) >= 11 is 5.98. The van der Waals surface area contributed by atoms with Crippen molar-refractivity contribution in [2.75, 3.05) is 0 Å². The number of rotatable bonds is 6. The van der Waals surface area contributed by atoms with Gasteiger partial charge in [-0.25, -0.2) is 4.39 Å². The van der Waals surface area contributed by atoms with E-state index < -0.39 is 0 Å². The van der Waals surface area contributed by atoms with Crippen LogP contribution >= 0.6 is 11.6 Å². The minimum Gasteiger partial charge on any atom is -0.308 e. The Labute approximate surface area is 131 Å². The van der Waals surface area contributed by atoms with Gasteiger partial charge in [0.25, 0.3) is 0 Å². The highest BCUT2D eigenvalue weighted by Gasteiger charge is 2.17. The summed E-state index contributed by atoms with van der Waals surface area (Å²) in [6, 6.07) is 15.3. The molecule has 112 valence electrons. The first-order chi connectivity index (χ1) is 9.98. The Hall–Kier alpha value is -1.38. The van der Waals surface area contributed by atoms with Crippen molar-refractivity contribution in [3.8, 4) is 0 Å². The Morgan fingerprint density at radius 3 is 2.48 bits per heavy atom. The van der Waals surface area contributed by atoms with E-state index in [1.54, 1.807) is 6.07 Å². The van der Waals surface area contributed by atoms with Crippen LogP contribution in [0.15, 0.2) is 48.5 Å². The second-order valence-electron chi connectivity index (χ2n) is 5.94. The minimum atomic E-state index is -0.363. The maximum Gasteiger partial charge on any atom is 0.142 e. The molecule has 0 aliphatic carbocycles. The van der Waals surface area contributed by atoms with Crippen LogP contribution in [0.1, 0.15) is 31.4 Å². The molecule has 0 aliphatic rings. The van der Waals surface area contributed by atoms with Gasteiger partial charge >= 0.3 is 0 Å². The molecule has 0 spiro atoms. The topological polar surface area (TPSA) is 12.0 Å². The minimum absolute atomic E-state index is 0.0362. The average molecular weight is 306 g/mol. The summed E-state index contributed by atoms with van der Waals surface area (Å²) < 4.78 is 13.4. The summed E-state index contributed by atoms with van der Waals surface area (Å²) in [7, 11) is 0. The lowest BCUT2D eigenvalue weighted by atomic mass is 9.95. The maximum absolute atomic E-state index is 13.4. The van der Waals surface area contributed by atoms with Crippen molar-refractivity contribution >= 4 is 11.6 Å². The third kappa shape index (κ3) is 4.83. The first kappa shape index (κ1) is 16.0. The van der Waals surface area contributed by atoms with Gasteiger partial charge in [-0.15, -0.1) is 0 Å². The number of nitrogens with one attached hydrogen (secondary N) is 1. The van der Waals surface area contributed by atoms with Crippen LogP contribution in [0.25, 0.3) is 0 Å². The molecule has 0 aromatic heterocycles. The lowest BCUT2D eigenvalue weighted by Crippen LogP contribution is -2.39. The van der Waals surface area contributed by atoms with Gasteiger partial charge in [0.15, 0.2) is 0 Å². The number of benzene rings is 2. The predicted molar refractivity (Wildman–Crippen MR) is 87.1 cm³/mol. The molecule has 0 heterocycles. The third-order valence-electron chi connectivity index (χ3n) is 3.67. The molecule has 2 aromatic carbocycles. The summed E-state index contributed by atoms with van der Waals surface area (Å²) in [5, 5.41) is 3.67. The number of hydrogen-bond acceptors (Lipinski definition) is 1. The van der Waals surface area contributed by atoms with Gasteiger partial charge in [0.2, 0.25) is 0 Å². The zero-order valence-corrected chi connectivity index (χ0v) is 13.3. The smallest absolute Gasteiger partial charge is 0.142 e. The molecule has 0 atom stereocenters. The highest BCUT2D eigenvalue weighted by atomic mass is 35.5. The molecular weight excluding hydrogens is 285 g/mol. The van der Waals surface area contributed by atoms with Crippen molar-refractivity contribution < 1.29 is 4.39 Å². The van der Waals surface area contributed by atoms with Crippen molar-refractivity contribution in [1.29, 1.82) is 0 Å². The van der Waals surface area contributed by atoms with Crippen molar-refractivity contribution in [2.24, 2.45) is 0 Å². The van der Waals surface area contributed by atoms with E-state index >= 15 is 0 Å². The number of halogens is 2. The van der Waals surface area contributed by atoms with Crippen LogP contribution in [-0.2, 0) is 13.0 Å². The Bertz CT molecular complexity index is 581. The molecular formula is C18H21ClFN. The standard InChI is InChI=1S/C18H21ClFN/c1-18(2,12-11-14-7-4-3-5-8-14)21-13-15-9-6-10-16(20)17(15)19/h3-10,21H,11-13H2,1-2H3. The Morgan fingerprint density at radius 1 is 1.05 bits per heavy atom. The maximum atomic E-state index is 13.4. The second kappa shape index (κ2) is 7.06. The molecule has 0 saturated heterocycles. The highest BCUT2D eigenvalue weighted by molar-refractivity contribution is 6.31. The molecule has 0 aliphatic heterocycles.